The molecule has 0 spiro atoms. The summed E-state index contributed by atoms with van der Waals surface area (Å²) in [5, 5.41) is 3.18. The van der Waals surface area contributed by atoms with Gasteiger partial charge < -0.3 is 15.1 Å². The van der Waals surface area contributed by atoms with Gasteiger partial charge in [0.1, 0.15) is 23.7 Å². The summed E-state index contributed by atoms with van der Waals surface area (Å²) in [6.45, 7) is 3.25. The van der Waals surface area contributed by atoms with Crippen molar-refractivity contribution < 1.29 is 18.8 Å². The topological polar surface area (TPSA) is 85.8 Å². The third-order valence-electron chi connectivity index (χ3n) is 5.66. The zero-order chi connectivity index (χ0) is 22.2. The first-order valence-electron chi connectivity index (χ1n) is 9.82. The molecule has 2 aromatic rings. The van der Waals surface area contributed by atoms with Crippen LogP contribution >= 0.6 is 11.6 Å². The molecule has 1 aromatic heterocycles. The molecule has 4 rings (SSSR count). The number of halogens is 2. The number of rotatable bonds is 4. The maximum Gasteiger partial charge on any atom is 0.325 e. The summed E-state index contributed by atoms with van der Waals surface area (Å²) in [7, 11) is 0. The quantitative estimate of drug-likeness (QED) is 0.727. The van der Waals surface area contributed by atoms with Gasteiger partial charge in [0.2, 0.25) is 5.91 Å². The minimum Gasteiger partial charge on any atom is -0.353 e. The Labute approximate surface area is 183 Å². The van der Waals surface area contributed by atoms with Crippen molar-refractivity contribution in [2.24, 2.45) is 0 Å². The van der Waals surface area contributed by atoms with Gasteiger partial charge in [-0.3, -0.25) is 14.5 Å². The van der Waals surface area contributed by atoms with Crippen LogP contribution in [-0.4, -0.2) is 65.4 Å². The van der Waals surface area contributed by atoms with E-state index in [9.17, 15) is 18.8 Å². The second-order valence-corrected chi connectivity index (χ2v) is 8.09. The van der Waals surface area contributed by atoms with Crippen LogP contribution in [0.3, 0.4) is 0 Å². The first-order valence-corrected chi connectivity index (χ1v) is 10.2. The van der Waals surface area contributed by atoms with Crippen molar-refractivity contribution in [2.75, 3.05) is 37.6 Å². The van der Waals surface area contributed by atoms with Gasteiger partial charge >= 0.3 is 6.03 Å². The highest BCUT2D eigenvalue weighted by Gasteiger charge is 2.49. The Morgan fingerprint density at radius 2 is 1.81 bits per heavy atom. The van der Waals surface area contributed by atoms with Gasteiger partial charge in [-0.25, -0.2) is 14.2 Å². The maximum absolute atomic E-state index is 13.2. The molecule has 3 heterocycles. The van der Waals surface area contributed by atoms with Crippen LogP contribution in [0.1, 0.15) is 12.5 Å². The number of nitrogens with one attached hydrogen (secondary N) is 1. The number of carbonyl (C=O) groups is 3. The summed E-state index contributed by atoms with van der Waals surface area (Å²) in [6.07, 6.45) is 1.57. The molecule has 2 aliphatic heterocycles. The molecule has 31 heavy (non-hydrogen) atoms. The number of piperazine rings is 1. The lowest BCUT2D eigenvalue weighted by atomic mass is 9.92. The molecule has 8 nitrogen and oxygen atoms in total. The Morgan fingerprint density at radius 1 is 1.13 bits per heavy atom. The summed E-state index contributed by atoms with van der Waals surface area (Å²) in [5.74, 6) is -0.512. The SMILES string of the molecule is CC1(c2ccc(F)cc2)NC(=O)N(CC(=O)N2CCN(c3ccc(Cl)cn3)CC2)C1=O. The molecule has 2 aliphatic rings. The molecule has 1 atom stereocenters. The predicted molar refractivity (Wildman–Crippen MR) is 112 cm³/mol. The van der Waals surface area contributed by atoms with E-state index in [2.05, 4.69) is 10.3 Å². The standard InChI is InChI=1S/C21H21ClFN5O3/c1-21(14-2-5-16(23)6-3-14)19(30)28(20(31)25-21)13-18(29)27-10-8-26(9-11-27)17-7-4-15(22)12-24-17/h2-7,12H,8-11,13H2,1H3,(H,25,31). The van der Waals surface area contributed by atoms with E-state index in [1.54, 1.807) is 24.1 Å². The van der Waals surface area contributed by atoms with E-state index in [0.717, 1.165) is 10.7 Å². The average molecular weight is 446 g/mol. The minimum atomic E-state index is -1.34. The molecule has 2 saturated heterocycles. The number of hydrogen-bond donors (Lipinski definition) is 1. The van der Waals surface area contributed by atoms with Crippen LogP contribution in [0.25, 0.3) is 0 Å². The number of amides is 4. The van der Waals surface area contributed by atoms with Crippen LogP contribution in [0.5, 0.6) is 0 Å². The smallest absolute Gasteiger partial charge is 0.325 e. The van der Waals surface area contributed by atoms with E-state index in [-0.39, 0.29) is 12.5 Å². The lowest BCUT2D eigenvalue weighted by molar-refractivity contribution is -0.139. The van der Waals surface area contributed by atoms with E-state index in [1.807, 2.05) is 11.0 Å². The third kappa shape index (κ3) is 4.05. The lowest BCUT2D eigenvalue weighted by Gasteiger charge is -2.35. The summed E-state index contributed by atoms with van der Waals surface area (Å²) in [4.78, 5) is 47.0. The number of carbonyl (C=O) groups excluding carboxylic acids is 3. The number of nitrogens with zero attached hydrogens (tertiary/aromatic N) is 4. The molecule has 4 amide bonds. The Kier molecular flexibility index (Phi) is 5.53. The fourth-order valence-electron chi connectivity index (χ4n) is 3.79. The number of pyridine rings is 1. The van der Waals surface area contributed by atoms with Crippen molar-refractivity contribution in [1.82, 2.24) is 20.1 Å². The number of urea groups is 1. The molecule has 0 saturated carbocycles. The van der Waals surface area contributed by atoms with E-state index in [1.165, 1.54) is 24.3 Å². The van der Waals surface area contributed by atoms with Gasteiger partial charge in [0.05, 0.1) is 5.02 Å². The fourth-order valence-corrected chi connectivity index (χ4v) is 3.91. The number of imide groups is 1. The van der Waals surface area contributed by atoms with Crippen LogP contribution in [-0.2, 0) is 15.1 Å². The van der Waals surface area contributed by atoms with Crippen LogP contribution in [0.2, 0.25) is 5.02 Å². The third-order valence-corrected chi connectivity index (χ3v) is 5.88. The minimum absolute atomic E-state index is 0.310. The Hall–Kier alpha value is -3.20. The van der Waals surface area contributed by atoms with Crippen molar-refractivity contribution in [2.45, 2.75) is 12.5 Å². The van der Waals surface area contributed by atoms with Gasteiger partial charge in [-0.2, -0.15) is 0 Å². The molecule has 1 unspecified atom stereocenters. The predicted octanol–water partition coefficient (Wildman–Crippen LogP) is 1.99. The molecule has 10 heteroatoms. The van der Waals surface area contributed by atoms with E-state index >= 15 is 0 Å². The lowest BCUT2D eigenvalue weighted by Crippen LogP contribution is -2.52. The molecule has 1 aromatic carbocycles. The fraction of sp³-hybridized carbons (Fsp3) is 0.333. The van der Waals surface area contributed by atoms with Gasteiger partial charge in [-0.05, 0) is 36.8 Å². The molecular weight excluding hydrogens is 425 g/mol. The molecule has 0 bridgehead atoms. The van der Waals surface area contributed by atoms with Crippen molar-refractivity contribution in [1.29, 1.82) is 0 Å². The van der Waals surface area contributed by atoms with Crippen LogP contribution in [0, 0.1) is 5.82 Å². The number of anilines is 1. The van der Waals surface area contributed by atoms with Gasteiger partial charge in [0.25, 0.3) is 5.91 Å². The first-order chi connectivity index (χ1) is 14.8. The van der Waals surface area contributed by atoms with Crippen molar-refractivity contribution in [3.63, 3.8) is 0 Å². The van der Waals surface area contributed by atoms with Crippen molar-refractivity contribution in [3.8, 4) is 0 Å². The zero-order valence-corrected chi connectivity index (χ0v) is 17.6. The average Bonchev–Trinajstić information content (AvgIpc) is 2.98. The molecule has 1 N–H and O–H groups in total. The molecule has 2 fully saturated rings. The Balaban J connectivity index is 1.38. The molecule has 0 aliphatic carbocycles. The highest BCUT2D eigenvalue weighted by atomic mass is 35.5. The second kappa shape index (κ2) is 8.14. The van der Waals surface area contributed by atoms with Gasteiger partial charge in [0.15, 0.2) is 0 Å². The van der Waals surface area contributed by atoms with Crippen molar-refractivity contribution in [3.05, 3.63) is 59.0 Å². The number of benzene rings is 1. The number of aromatic nitrogens is 1. The second-order valence-electron chi connectivity index (χ2n) is 7.66. The van der Waals surface area contributed by atoms with Crippen LogP contribution < -0.4 is 10.2 Å². The van der Waals surface area contributed by atoms with E-state index in [4.69, 9.17) is 11.6 Å². The molecule has 0 radical (unpaired) electrons. The Morgan fingerprint density at radius 3 is 2.42 bits per heavy atom. The highest BCUT2D eigenvalue weighted by Crippen LogP contribution is 2.29. The first kappa shape index (κ1) is 21.0. The van der Waals surface area contributed by atoms with Crippen LogP contribution in [0.15, 0.2) is 42.6 Å². The van der Waals surface area contributed by atoms with Gasteiger partial charge in [-0.1, -0.05) is 23.7 Å². The summed E-state index contributed by atoms with van der Waals surface area (Å²) < 4.78 is 13.2. The van der Waals surface area contributed by atoms with Crippen molar-refractivity contribution >= 4 is 35.3 Å². The summed E-state index contributed by atoms with van der Waals surface area (Å²) >= 11 is 5.87. The van der Waals surface area contributed by atoms with Gasteiger partial charge in [-0.15, -0.1) is 0 Å². The summed E-state index contributed by atoms with van der Waals surface area (Å²) in [6, 6.07) is 8.28. The highest BCUT2D eigenvalue weighted by molar-refractivity contribution is 6.30. The monoisotopic (exact) mass is 445 g/mol. The molecule has 162 valence electrons. The Bertz CT molecular complexity index is 1010. The van der Waals surface area contributed by atoms with E-state index in [0.29, 0.717) is 36.8 Å². The summed E-state index contributed by atoms with van der Waals surface area (Å²) in [5.41, 5.74) is -0.893. The zero-order valence-electron chi connectivity index (χ0n) is 16.8. The normalized spacial score (nSPS) is 21.5. The van der Waals surface area contributed by atoms with Crippen LogP contribution in [0.4, 0.5) is 15.0 Å². The maximum atomic E-state index is 13.2. The largest absolute Gasteiger partial charge is 0.353 e. The number of hydrogen-bond acceptors (Lipinski definition) is 5. The van der Waals surface area contributed by atoms with E-state index < -0.39 is 23.3 Å². The van der Waals surface area contributed by atoms with Gasteiger partial charge in [0, 0.05) is 32.4 Å². The molecular formula is C21H21ClFN5O3.